The summed E-state index contributed by atoms with van der Waals surface area (Å²) in [4.78, 5) is 28.0. The van der Waals surface area contributed by atoms with E-state index in [1.165, 1.54) is 18.4 Å². The van der Waals surface area contributed by atoms with E-state index in [-0.39, 0.29) is 5.91 Å². The van der Waals surface area contributed by atoms with E-state index in [0.717, 1.165) is 16.1 Å². The van der Waals surface area contributed by atoms with Gasteiger partial charge in [-0.15, -0.1) is 11.3 Å². The van der Waals surface area contributed by atoms with Crippen molar-refractivity contribution in [2.45, 2.75) is 0 Å². The molecule has 0 atom stereocenters. The fraction of sp³-hybridized carbons (Fsp3) is 0.143. The van der Waals surface area contributed by atoms with Crippen molar-refractivity contribution in [1.82, 2.24) is 0 Å². The molecule has 1 amide bonds. The number of benzene rings is 2. The van der Waals surface area contributed by atoms with Gasteiger partial charge >= 0.3 is 5.97 Å². The number of ether oxygens (including phenoxy) is 1. The molecule has 0 bridgehead atoms. The van der Waals surface area contributed by atoms with Gasteiger partial charge in [0.1, 0.15) is 4.88 Å². The summed E-state index contributed by atoms with van der Waals surface area (Å²) < 4.78 is 4.87. The molecule has 6 heteroatoms. The van der Waals surface area contributed by atoms with E-state index >= 15 is 0 Å². The van der Waals surface area contributed by atoms with Crippen LogP contribution < -0.4 is 10.2 Å². The molecule has 1 N–H and O–H groups in total. The minimum Gasteiger partial charge on any atom is -0.465 e. The largest absolute Gasteiger partial charge is 0.465 e. The Bertz CT molecular complexity index is 947. The van der Waals surface area contributed by atoms with Gasteiger partial charge in [0.2, 0.25) is 0 Å². The molecule has 5 nitrogen and oxygen atoms in total. The fourth-order valence-electron chi connectivity index (χ4n) is 2.58. The van der Waals surface area contributed by atoms with Crippen molar-refractivity contribution < 1.29 is 14.3 Å². The summed E-state index contributed by atoms with van der Waals surface area (Å²) >= 11 is 1.29. The van der Waals surface area contributed by atoms with Crippen LogP contribution in [0.1, 0.15) is 20.0 Å². The van der Waals surface area contributed by atoms with Crippen LogP contribution in [-0.2, 0) is 4.74 Å². The number of rotatable bonds is 5. The van der Waals surface area contributed by atoms with E-state index in [0.29, 0.717) is 16.1 Å². The van der Waals surface area contributed by atoms with Crippen molar-refractivity contribution in [3.63, 3.8) is 0 Å². The Morgan fingerprint density at radius 1 is 1.00 bits per heavy atom. The first-order valence-electron chi connectivity index (χ1n) is 8.36. The lowest BCUT2D eigenvalue weighted by atomic mass is 10.1. The molecule has 3 aromatic rings. The standard InChI is InChI=1S/C21H20N2O3S/c1-23(2)16-11-9-15(10-12-16)20(24)22-17-13-18(14-7-5-4-6-8-14)27-19(17)21(25)26-3/h4-13H,1-3H3,(H,22,24). The first kappa shape index (κ1) is 18.7. The second kappa shape index (κ2) is 8.05. The number of methoxy groups -OCH3 is 1. The van der Waals surface area contributed by atoms with Gasteiger partial charge in [0.25, 0.3) is 5.91 Å². The molecule has 1 heterocycles. The van der Waals surface area contributed by atoms with Gasteiger partial charge < -0.3 is 15.0 Å². The first-order valence-corrected chi connectivity index (χ1v) is 9.17. The van der Waals surface area contributed by atoms with Gasteiger partial charge in [-0.05, 0) is 35.9 Å². The van der Waals surface area contributed by atoms with Crippen molar-refractivity contribution in [3.05, 3.63) is 71.1 Å². The zero-order chi connectivity index (χ0) is 19.4. The molecule has 138 valence electrons. The van der Waals surface area contributed by atoms with Gasteiger partial charge in [-0.2, -0.15) is 0 Å². The molecule has 27 heavy (non-hydrogen) atoms. The summed E-state index contributed by atoms with van der Waals surface area (Å²) in [6.45, 7) is 0. The third-order valence-corrected chi connectivity index (χ3v) is 5.22. The molecule has 0 spiro atoms. The second-order valence-electron chi connectivity index (χ2n) is 6.11. The lowest BCUT2D eigenvalue weighted by Crippen LogP contribution is -2.14. The molecule has 3 rings (SSSR count). The van der Waals surface area contributed by atoms with Crippen molar-refractivity contribution in [3.8, 4) is 10.4 Å². The van der Waals surface area contributed by atoms with Crippen LogP contribution in [0.15, 0.2) is 60.7 Å². The number of amides is 1. The van der Waals surface area contributed by atoms with Crippen LogP contribution in [0.2, 0.25) is 0 Å². The van der Waals surface area contributed by atoms with E-state index in [4.69, 9.17) is 4.74 Å². The molecular formula is C21H20N2O3S. The number of hydrogen-bond donors (Lipinski definition) is 1. The van der Waals surface area contributed by atoms with Gasteiger partial charge in [0.15, 0.2) is 0 Å². The van der Waals surface area contributed by atoms with Crippen LogP contribution >= 0.6 is 11.3 Å². The fourth-order valence-corrected chi connectivity index (χ4v) is 3.62. The number of nitrogens with zero attached hydrogens (tertiary/aromatic N) is 1. The summed E-state index contributed by atoms with van der Waals surface area (Å²) in [6, 6.07) is 18.8. The molecule has 1 aromatic heterocycles. The molecule has 0 radical (unpaired) electrons. The molecule has 2 aromatic carbocycles. The van der Waals surface area contributed by atoms with Crippen LogP contribution in [0, 0.1) is 0 Å². The van der Waals surface area contributed by atoms with Crippen molar-refractivity contribution in [1.29, 1.82) is 0 Å². The van der Waals surface area contributed by atoms with Gasteiger partial charge in [0.05, 0.1) is 12.8 Å². The monoisotopic (exact) mass is 380 g/mol. The lowest BCUT2D eigenvalue weighted by molar-refractivity contribution is 0.0607. The third kappa shape index (κ3) is 4.17. The van der Waals surface area contributed by atoms with E-state index in [9.17, 15) is 9.59 Å². The topological polar surface area (TPSA) is 58.6 Å². The Morgan fingerprint density at radius 3 is 2.26 bits per heavy atom. The Morgan fingerprint density at radius 2 is 1.67 bits per heavy atom. The lowest BCUT2D eigenvalue weighted by Gasteiger charge is -2.12. The first-order chi connectivity index (χ1) is 13.0. The number of anilines is 2. The molecule has 0 aliphatic carbocycles. The molecule has 0 aliphatic rings. The van der Waals surface area contributed by atoms with Gasteiger partial charge in [-0.3, -0.25) is 4.79 Å². The smallest absolute Gasteiger partial charge is 0.350 e. The Labute approximate surface area is 162 Å². The van der Waals surface area contributed by atoms with Crippen LogP contribution in [0.3, 0.4) is 0 Å². The van der Waals surface area contributed by atoms with Crippen molar-refractivity contribution >= 4 is 34.6 Å². The second-order valence-corrected chi connectivity index (χ2v) is 7.16. The zero-order valence-corrected chi connectivity index (χ0v) is 16.2. The summed E-state index contributed by atoms with van der Waals surface area (Å²) in [6.07, 6.45) is 0. The number of carbonyl (C=O) groups is 2. The number of thiophene rings is 1. The van der Waals surface area contributed by atoms with E-state index in [1.807, 2.05) is 61.5 Å². The number of carbonyl (C=O) groups excluding carboxylic acids is 2. The molecule has 0 saturated carbocycles. The predicted octanol–water partition coefficient (Wildman–Crippen LogP) is 4.52. The van der Waals surface area contributed by atoms with Crippen LogP contribution in [0.5, 0.6) is 0 Å². The summed E-state index contributed by atoms with van der Waals surface area (Å²) in [7, 11) is 5.21. The predicted molar refractivity (Wildman–Crippen MR) is 110 cm³/mol. The average molecular weight is 380 g/mol. The maximum absolute atomic E-state index is 12.6. The quantitative estimate of drug-likeness (QED) is 0.661. The van der Waals surface area contributed by atoms with Gasteiger partial charge in [-0.1, -0.05) is 30.3 Å². The Balaban J connectivity index is 1.89. The van der Waals surface area contributed by atoms with Crippen molar-refractivity contribution in [2.24, 2.45) is 0 Å². The summed E-state index contributed by atoms with van der Waals surface area (Å²) in [5.41, 5.74) is 2.95. The SMILES string of the molecule is COC(=O)c1sc(-c2ccccc2)cc1NC(=O)c1ccc(N(C)C)cc1. The molecule has 0 saturated heterocycles. The maximum atomic E-state index is 12.6. The number of nitrogens with one attached hydrogen (secondary N) is 1. The highest BCUT2D eigenvalue weighted by Crippen LogP contribution is 2.35. The highest BCUT2D eigenvalue weighted by Gasteiger charge is 2.20. The summed E-state index contributed by atoms with van der Waals surface area (Å²) in [5, 5.41) is 2.84. The highest BCUT2D eigenvalue weighted by molar-refractivity contribution is 7.18. The third-order valence-electron chi connectivity index (χ3n) is 4.06. The van der Waals surface area contributed by atoms with Crippen LogP contribution in [0.4, 0.5) is 11.4 Å². The molecule has 0 fully saturated rings. The number of esters is 1. The van der Waals surface area contributed by atoms with Crippen LogP contribution in [-0.4, -0.2) is 33.1 Å². The molecule has 0 unspecified atom stereocenters. The Hall–Kier alpha value is -3.12. The summed E-state index contributed by atoms with van der Waals surface area (Å²) in [5.74, 6) is -0.747. The molecule has 0 aliphatic heterocycles. The normalized spacial score (nSPS) is 10.3. The van der Waals surface area contributed by atoms with Crippen molar-refractivity contribution in [2.75, 3.05) is 31.4 Å². The van der Waals surface area contributed by atoms with Gasteiger partial charge in [-0.25, -0.2) is 4.79 Å². The zero-order valence-electron chi connectivity index (χ0n) is 15.4. The van der Waals surface area contributed by atoms with E-state index in [2.05, 4.69) is 5.32 Å². The van der Waals surface area contributed by atoms with Crippen LogP contribution in [0.25, 0.3) is 10.4 Å². The van der Waals surface area contributed by atoms with E-state index < -0.39 is 5.97 Å². The highest BCUT2D eigenvalue weighted by atomic mass is 32.1. The maximum Gasteiger partial charge on any atom is 0.350 e. The van der Waals surface area contributed by atoms with Gasteiger partial charge in [0, 0.05) is 30.2 Å². The number of hydrogen-bond acceptors (Lipinski definition) is 5. The Kier molecular flexibility index (Phi) is 5.57. The average Bonchev–Trinajstić information content (AvgIpc) is 3.12. The molecular weight excluding hydrogens is 360 g/mol. The minimum atomic E-state index is -0.472. The van der Waals surface area contributed by atoms with E-state index in [1.54, 1.807) is 18.2 Å². The minimum absolute atomic E-state index is 0.275.